The van der Waals surface area contributed by atoms with E-state index in [-0.39, 0.29) is 12.4 Å². The van der Waals surface area contributed by atoms with Crippen molar-refractivity contribution in [2.75, 3.05) is 0 Å². The molecule has 3 nitrogen and oxygen atoms in total. The molecule has 19 heavy (non-hydrogen) atoms. The summed E-state index contributed by atoms with van der Waals surface area (Å²) in [5.41, 5.74) is 8.02. The number of aromatic nitrogens is 1. The number of hydrogen-bond acceptors (Lipinski definition) is 1. The molecular formula is C15H15ClN2O. The fraction of sp³-hybridized carbons (Fsp3) is 0.0667. The predicted octanol–water partition coefficient (Wildman–Crippen LogP) is -1.23. The maximum Gasteiger partial charge on any atom is 0.254 e. The van der Waals surface area contributed by atoms with Crippen LogP contribution in [0, 0.1) is 0 Å². The Morgan fingerprint density at radius 1 is 1.26 bits per heavy atom. The Kier molecular flexibility index (Phi) is 5.27. The number of primary amides is 1. The molecule has 0 spiro atoms. The average Bonchev–Trinajstić information content (AvgIpc) is 2.39. The highest BCUT2D eigenvalue weighted by Crippen LogP contribution is 2.09. The summed E-state index contributed by atoms with van der Waals surface area (Å²) in [6.07, 6.45) is 5.49. The zero-order chi connectivity index (χ0) is 13.0. The van der Waals surface area contributed by atoms with Gasteiger partial charge in [0, 0.05) is 11.6 Å². The molecule has 0 unspecified atom stereocenters. The number of halogens is 1. The molecule has 1 heterocycles. The van der Waals surface area contributed by atoms with E-state index >= 15 is 0 Å². The molecule has 0 saturated heterocycles. The van der Waals surface area contributed by atoms with Crippen LogP contribution in [0.25, 0.3) is 6.08 Å². The molecule has 0 aliphatic heterocycles. The van der Waals surface area contributed by atoms with E-state index in [0.717, 1.165) is 11.1 Å². The molecule has 0 radical (unpaired) electrons. The Morgan fingerprint density at radius 3 is 2.68 bits per heavy atom. The van der Waals surface area contributed by atoms with Crippen molar-refractivity contribution in [3.63, 3.8) is 0 Å². The summed E-state index contributed by atoms with van der Waals surface area (Å²) in [6.45, 7) is 4.48. The van der Waals surface area contributed by atoms with E-state index in [4.69, 9.17) is 5.73 Å². The molecule has 0 fully saturated rings. The van der Waals surface area contributed by atoms with Crippen LogP contribution in [0.3, 0.4) is 0 Å². The van der Waals surface area contributed by atoms with Crippen molar-refractivity contribution in [2.24, 2.45) is 5.73 Å². The van der Waals surface area contributed by atoms with Gasteiger partial charge in [-0.25, -0.2) is 0 Å². The van der Waals surface area contributed by atoms with Gasteiger partial charge in [0.25, 0.3) is 5.91 Å². The van der Waals surface area contributed by atoms with Gasteiger partial charge in [-0.1, -0.05) is 36.9 Å². The first-order valence-electron chi connectivity index (χ1n) is 5.70. The van der Waals surface area contributed by atoms with Gasteiger partial charge < -0.3 is 18.1 Å². The smallest absolute Gasteiger partial charge is 0.254 e. The normalized spacial score (nSPS) is 9.47. The highest BCUT2D eigenvalue weighted by Gasteiger charge is 2.09. The summed E-state index contributed by atoms with van der Waals surface area (Å²) in [6, 6.07) is 11.5. The Balaban J connectivity index is 0.00000180. The van der Waals surface area contributed by atoms with Crippen LogP contribution in [0.4, 0.5) is 0 Å². The van der Waals surface area contributed by atoms with Crippen molar-refractivity contribution in [1.82, 2.24) is 0 Å². The van der Waals surface area contributed by atoms with Crippen LogP contribution >= 0.6 is 0 Å². The summed E-state index contributed by atoms with van der Waals surface area (Å²) in [5.74, 6) is -0.415. The second-order valence-electron chi connectivity index (χ2n) is 4.03. The Hall–Kier alpha value is -2.13. The molecule has 0 aliphatic carbocycles. The predicted molar refractivity (Wildman–Crippen MR) is 70.8 cm³/mol. The van der Waals surface area contributed by atoms with Gasteiger partial charge in [-0.05, 0) is 11.6 Å². The molecule has 0 saturated carbocycles. The molecule has 0 aliphatic rings. The summed E-state index contributed by atoms with van der Waals surface area (Å²) < 4.78 is 1.93. The van der Waals surface area contributed by atoms with Crippen LogP contribution in [0.2, 0.25) is 0 Å². The second kappa shape index (κ2) is 6.71. The Bertz CT molecular complexity index is 596. The molecule has 0 bridgehead atoms. The molecule has 2 rings (SSSR count). The van der Waals surface area contributed by atoms with Gasteiger partial charge >= 0.3 is 0 Å². The number of rotatable bonds is 4. The van der Waals surface area contributed by atoms with Crippen LogP contribution in [0.1, 0.15) is 21.5 Å². The number of benzene rings is 1. The number of nitrogens with two attached hydrogens (primary N) is 1. The second-order valence-corrected chi connectivity index (χ2v) is 4.03. The molecule has 1 amide bonds. The standard InChI is InChI=1S/C15H14N2O.ClH/c1-2-12-6-3-4-7-13(12)10-17-9-5-8-14(11-17)15(16)18;/h2-9,11H,1,10H2,(H-,16,18);1H. The van der Waals surface area contributed by atoms with Gasteiger partial charge in [-0.2, -0.15) is 4.57 Å². The van der Waals surface area contributed by atoms with Crippen LogP contribution in [-0.4, -0.2) is 5.91 Å². The number of pyridine rings is 1. The van der Waals surface area contributed by atoms with E-state index in [0.29, 0.717) is 12.1 Å². The number of amides is 1. The molecule has 1 aromatic heterocycles. The Morgan fingerprint density at radius 2 is 2.00 bits per heavy atom. The number of carbonyl (C=O) groups excluding carboxylic acids is 1. The van der Waals surface area contributed by atoms with Gasteiger partial charge in [0.1, 0.15) is 5.56 Å². The van der Waals surface area contributed by atoms with E-state index in [2.05, 4.69) is 6.58 Å². The molecule has 1 aromatic carbocycles. The van der Waals surface area contributed by atoms with Crippen molar-refractivity contribution < 1.29 is 21.8 Å². The van der Waals surface area contributed by atoms with Crippen LogP contribution < -0.4 is 22.7 Å². The summed E-state index contributed by atoms with van der Waals surface area (Å²) >= 11 is 0. The van der Waals surface area contributed by atoms with E-state index in [9.17, 15) is 4.79 Å². The molecule has 2 N–H and O–H groups in total. The molecule has 98 valence electrons. The SMILES string of the molecule is C=Cc1ccccc1C[n+]1cccc(C(N)=O)c1.[Cl-]. The van der Waals surface area contributed by atoms with E-state index in [1.54, 1.807) is 12.3 Å². The number of hydrogen-bond donors (Lipinski definition) is 1. The third-order valence-corrected chi connectivity index (χ3v) is 2.77. The highest BCUT2D eigenvalue weighted by molar-refractivity contribution is 5.92. The van der Waals surface area contributed by atoms with Crippen LogP contribution in [0.15, 0.2) is 55.4 Å². The molecule has 2 aromatic rings. The van der Waals surface area contributed by atoms with Crippen molar-refractivity contribution >= 4 is 12.0 Å². The van der Waals surface area contributed by atoms with E-state index in [1.165, 1.54) is 0 Å². The van der Waals surface area contributed by atoms with Gasteiger partial charge in [0.05, 0.1) is 0 Å². The number of nitrogens with zero attached hydrogens (tertiary/aromatic N) is 1. The lowest BCUT2D eigenvalue weighted by Crippen LogP contribution is -3.00. The van der Waals surface area contributed by atoms with E-state index in [1.807, 2.05) is 47.2 Å². The first kappa shape index (κ1) is 14.9. The zero-order valence-corrected chi connectivity index (χ0v) is 11.2. The molecule has 4 heteroatoms. The maximum absolute atomic E-state index is 11.1. The Labute approximate surface area is 118 Å². The van der Waals surface area contributed by atoms with Crippen molar-refractivity contribution in [1.29, 1.82) is 0 Å². The minimum Gasteiger partial charge on any atom is -1.00 e. The fourth-order valence-corrected chi connectivity index (χ4v) is 1.84. The van der Waals surface area contributed by atoms with Gasteiger partial charge in [-0.15, -0.1) is 0 Å². The monoisotopic (exact) mass is 274 g/mol. The third kappa shape index (κ3) is 3.66. The average molecular weight is 275 g/mol. The van der Waals surface area contributed by atoms with Crippen molar-refractivity contribution in [3.8, 4) is 0 Å². The first-order valence-corrected chi connectivity index (χ1v) is 5.70. The maximum atomic E-state index is 11.1. The lowest BCUT2D eigenvalue weighted by molar-refractivity contribution is -0.688. The van der Waals surface area contributed by atoms with Gasteiger partial charge in [0.2, 0.25) is 0 Å². The quantitative estimate of drug-likeness (QED) is 0.698. The van der Waals surface area contributed by atoms with Gasteiger partial charge in [-0.3, -0.25) is 4.79 Å². The summed E-state index contributed by atoms with van der Waals surface area (Å²) in [5, 5.41) is 0. The molecular weight excluding hydrogens is 260 g/mol. The van der Waals surface area contributed by atoms with Crippen LogP contribution in [-0.2, 0) is 6.54 Å². The minimum atomic E-state index is -0.415. The minimum absolute atomic E-state index is 0. The zero-order valence-electron chi connectivity index (χ0n) is 10.4. The summed E-state index contributed by atoms with van der Waals surface area (Å²) in [7, 11) is 0. The lowest BCUT2D eigenvalue weighted by atomic mass is 10.1. The van der Waals surface area contributed by atoms with Crippen molar-refractivity contribution in [3.05, 3.63) is 72.1 Å². The van der Waals surface area contributed by atoms with E-state index < -0.39 is 5.91 Å². The van der Waals surface area contributed by atoms with Gasteiger partial charge in [0.15, 0.2) is 18.9 Å². The largest absolute Gasteiger partial charge is 1.00 e. The topological polar surface area (TPSA) is 47.0 Å². The lowest BCUT2D eigenvalue weighted by Gasteiger charge is -2.03. The fourth-order valence-electron chi connectivity index (χ4n) is 1.84. The highest BCUT2D eigenvalue weighted by atomic mass is 35.5. The number of carbonyl (C=O) groups is 1. The molecule has 0 atom stereocenters. The first-order chi connectivity index (χ1) is 8.70. The van der Waals surface area contributed by atoms with Crippen LogP contribution in [0.5, 0.6) is 0 Å². The van der Waals surface area contributed by atoms with Crippen molar-refractivity contribution in [2.45, 2.75) is 6.54 Å². The third-order valence-electron chi connectivity index (χ3n) is 2.77. The summed E-state index contributed by atoms with van der Waals surface area (Å²) in [4.78, 5) is 11.1.